The van der Waals surface area contributed by atoms with Crippen molar-refractivity contribution in [3.63, 3.8) is 0 Å². The Morgan fingerprint density at radius 3 is 1.56 bits per heavy atom. The van der Waals surface area contributed by atoms with E-state index in [9.17, 15) is 38.4 Å². The van der Waals surface area contributed by atoms with Crippen LogP contribution in [0.5, 0.6) is 0 Å². The van der Waals surface area contributed by atoms with Gasteiger partial charge in [0.1, 0.15) is 24.6 Å². The third-order valence-electron chi connectivity index (χ3n) is 7.33. The van der Waals surface area contributed by atoms with Gasteiger partial charge in [-0.15, -0.1) is 0 Å². The van der Waals surface area contributed by atoms with Crippen LogP contribution in [0.25, 0.3) is 5.69 Å². The number of ether oxygens (including phenoxy) is 6. The van der Waals surface area contributed by atoms with Crippen LogP contribution in [0.3, 0.4) is 0 Å². The molecule has 0 saturated carbocycles. The van der Waals surface area contributed by atoms with Crippen molar-refractivity contribution in [2.75, 3.05) is 18.2 Å². The molecule has 0 aliphatic carbocycles. The van der Waals surface area contributed by atoms with E-state index in [0.29, 0.717) is 0 Å². The molecular weight excluding hydrogens is 726 g/mol. The van der Waals surface area contributed by atoms with E-state index in [1.54, 1.807) is 48.5 Å². The van der Waals surface area contributed by atoms with E-state index in [0.717, 1.165) is 51.2 Å². The first-order valence-electron chi connectivity index (χ1n) is 16.5. The summed E-state index contributed by atoms with van der Waals surface area (Å²) in [6.07, 6.45) is -6.64. The Morgan fingerprint density at radius 2 is 1.09 bits per heavy atom. The molecule has 0 bridgehead atoms. The second-order valence-corrected chi connectivity index (χ2v) is 11.7. The minimum absolute atomic E-state index is 0.200. The molecule has 19 nitrogen and oxygen atoms in total. The van der Waals surface area contributed by atoms with Crippen LogP contribution in [0, 0.1) is 0 Å². The standard InChI is InChI=1S/C36H37N5O14/c1-19(42)50-17-27(52-21(3)44)33(54-23(5)46)29-31(35(48)40(38-29)25-13-9-7-10-14-25)37-32-30(39-41(36(32)49)26-15-11-8-12-16-26)34(55-24(6)47)28(53-22(4)45)18-51-20(2)43/h7-16,27-28,33-34,38H,17-18H2,1-6H3. The molecule has 2 heterocycles. The Morgan fingerprint density at radius 1 is 0.636 bits per heavy atom. The van der Waals surface area contributed by atoms with E-state index in [4.69, 9.17) is 28.4 Å². The second-order valence-electron chi connectivity index (χ2n) is 11.7. The number of nitrogens with one attached hydrogen (secondary N) is 1. The first kappa shape index (κ1) is 40.8. The normalized spacial score (nSPS) is 15.2. The molecule has 0 radical (unpaired) electrons. The number of aromatic nitrogens is 2. The average molecular weight is 764 g/mol. The van der Waals surface area contributed by atoms with Gasteiger partial charge in [-0.3, -0.25) is 43.5 Å². The Labute approximate surface area is 312 Å². The number of nitrogens with zero attached hydrogens (tertiary/aromatic N) is 4. The number of carbonyl (C=O) groups is 7. The fraction of sp³-hybridized carbons (Fsp3) is 0.333. The van der Waals surface area contributed by atoms with Crippen LogP contribution >= 0.6 is 0 Å². The van der Waals surface area contributed by atoms with E-state index in [2.05, 4.69) is 15.2 Å². The summed E-state index contributed by atoms with van der Waals surface area (Å²) in [7, 11) is 0. The van der Waals surface area contributed by atoms with Crippen LogP contribution in [-0.4, -0.2) is 94.5 Å². The number of esters is 6. The van der Waals surface area contributed by atoms with Crippen molar-refractivity contribution in [3.05, 3.63) is 76.7 Å². The lowest BCUT2D eigenvalue weighted by Crippen LogP contribution is -2.46. The second kappa shape index (κ2) is 18.2. The van der Waals surface area contributed by atoms with Gasteiger partial charge in [-0.05, 0) is 24.3 Å². The molecule has 0 spiro atoms. The smallest absolute Gasteiger partial charge is 0.303 e. The number of hydrogen-bond acceptors (Lipinski definition) is 16. The summed E-state index contributed by atoms with van der Waals surface area (Å²) < 4.78 is 33.1. The van der Waals surface area contributed by atoms with Crippen molar-refractivity contribution in [3.8, 4) is 5.69 Å². The quantitative estimate of drug-likeness (QED) is 0.172. The van der Waals surface area contributed by atoms with Gasteiger partial charge in [0.15, 0.2) is 35.8 Å². The third kappa shape index (κ3) is 10.6. The van der Waals surface area contributed by atoms with Gasteiger partial charge >= 0.3 is 35.8 Å². The SMILES string of the molecule is CC(=O)OCC(OC(C)=O)C(OC(C)=O)C1=NN(c2ccccc2)C(=O)C1=Nc1c(C(OC(C)=O)C(COC(C)=O)OC(C)=O)[nH]n(-c2ccccc2)c1=O. The molecular formula is C36H37N5O14. The van der Waals surface area contributed by atoms with Crippen LogP contribution in [0.2, 0.25) is 0 Å². The maximum Gasteiger partial charge on any atom is 0.303 e. The summed E-state index contributed by atoms with van der Waals surface area (Å²) in [6.45, 7) is 5.01. The number of hydrogen-bond donors (Lipinski definition) is 1. The van der Waals surface area contributed by atoms with Crippen LogP contribution in [-0.2, 0) is 62.0 Å². The lowest BCUT2D eigenvalue weighted by atomic mass is 10.0. The zero-order valence-corrected chi connectivity index (χ0v) is 30.5. The minimum Gasteiger partial charge on any atom is -0.462 e. The molecule has 0 fully saturated rings. The summed E-state index contributed by atoms with van der Waals surface area (Å²) >= 11 is 0. The van der Waals surface area contributed by atoms with E-state index in [1.165, 1.54) is 12.1 Å². The first-order valence-corrected chi connectivity index (χ1v) is 16.5. The van der Waals surface area contributed by atoms with Crippen LogP contribution in [0.15, 0.2) is 75.6 Å². The maximum atomic E-state index is 14.4. The van der Waals surface area contributed by atoms with E-state index < -0.39 is 102 Å². The molecule has 4 unspecified atom stereocenters. The number of carbonyl (C=O) groups excluding carboxylic acids is 7. The van der Waals surface area contributed by atoms with Gasteiger partial charge in [0, 0.05) is 41.5 Å². The highest BCUT2D eigenvalue weighted by molar-refractivity contribution is 6.72. The molecule has 1 aromatic heterocycles. The van der Waals surface area contributed by atoms with Gasteiger partial charge in [0.2, 0.25) is 0 Å². The van der Waals surface area contributed by atoms with Crippen molar-refractivity contribution in [2.24, 2.45) is 10.1 Å². The van der Waals surface area contributed by atoms with Crippen molar-refractivity contribution in [1.82, 2.24) is 9.78 Å². The number of benzene rings is 2. The molecule has 2 aromatic carbocycles. The lowest BCUT2D eigenvalue weighted by molar-refractivity contribution is -0.174. The summed E-state index contributed by atoms with van der Waals surface area (Å²) in [5.74, 6) is -6.14. The zero-order valence-electron chi connectivity index (χ0n) is 30.5. The van der Waals surface area contributed by atoms with Gasteiger partial charge < -0.3 is 28.4 Å². The summed E-state index contributed by atoms with van der Waals surface area (Å²) in [4.78, 5) is 106. The van der Waals surface area contributed by atoms with Crippen molar-refractivity contribution >= 4 is 64.5 Å². The molecule has 1 N–H and O–H groups in total. The molecule has 3 aromatic rings. The van der Waals surface area contributed by atoms with E-state index in [-0.39, 0.29) is 17.1 Å². The largest absolute Gasteiger partial charge is 0.462 e. The highest BCUT2D eigenvalue weighted by Gasteiger charge is 2.45. The number of H-pyrrole nitrogens is 1. The van der Waals surface area contributed by atoms with Crippen LogP contribution in [0.4, 0.5) is 11.4 Å². The molecule has 19 heteroatoms. The van der Waals surface area contributed by atoms with E-state index in [1.807, 2.05) is 0 Å². The Kier molecular flexibility index (Phi) is 13.5. The summed E-state index contributed by atoms with van der Waals surface area (Å²) in [5.41, 5.74) is -2.47. The number of aliphatic imine (C=N–C) groups is 1. The Balaban J connectivity index is 2.07. The van der Waals surface area contributed by atoms with Crippen molar-refractivity contribution < 1.29 is 62.0 Å². The molecule has 1 aliphatic heterocycles. The predicted octanol–water partition coefficient (Wildman–Crippen LogP) is 2.17. The van der Waals surface area contributed by atoms with Crippen molar-refractivity contribution in [2.45, 2.75) is 66.0 Å². The number of rotatable bonds is 15. The van der Waals surface area contributed by atoms with E-state index >= 15 is 0 Å². The highest BCUT2D eigenvalue weighted by atomic mass is 16.6. The average Bonchev–Trinajstić information content (AvgIpc) is 3.62. The molecule has 1 aliphatic rings. The van der Waals surface area contributed by atoms with Crippen LogP contribution in [0.1, 0.15) is 53.3 Å². The lowest BCUT2D eigenvalue weighted by Gasteiger charge is -2.26. The van der Waals surface area contributed by atoms with Gasteiger partial charge in [0.25, 0.3) is 11.5 Å². The maximum absolute atomic E-state index is 14.4. The minimum atomic E-state index is -1.77. The Hall–Kier alpha value is -6.92. The molecule has 1 amide bonds. The molecule has 55 heavy (non-hydrogen) atoms. The monoisotopic (exact) mass is 763 g/mol. The highest BCUT2D eigenvalue weighted by Crippen LogP contribution is 2.32. The Bertz CT molecular complexity index is 2070. The summed E-state index contributed by atoms with van der Waals surface area (Å²) in [6, 6.07) is 15.9. The fourth-order valence-electron chi connectivity index (χ4n) is 5.25. The number of para-hydroxylation sites is 2. The first-order chi connectivity index (χ1) is 26.1. The molecule has 4 rings (SSSR count). The topological polar surface area (TPSA) is 241 Å². The molecule has 290 valence electrons. The van der Waals surface area contributed by atoms with Crippen LogP contribution < -0.4 is 10.6 Å². The predicted molar refractivity (Wildman–Crippen MR) is 189 cm³/mol. The molecule has 0 saturated heterocycles. The van der Waals surface area contributed by atoms with Gasteiger partial charge in [-0.1, -0.05) is 36.4 Å². The fourth-order valence-corrected chi connectivity index (χ4v) is 5.25. The number of hydrazone groups is 1. The molecule has 4 atom stereocenters. The summed E-state index contributed by atoms with van der Waals surface area (Å²) in [5, 5.41) is 8.09. The number of amides is 1. The number of anilines is 1. The van der Waals surface area contributed by atoms with Gasteiger partial charge in [-0.25, -0.2) is 9.67 Å². The third-order valence-corrected chi connectivity index (χ3v) is 7.33. The number of aromatic amines is 1. The van der Waals surface area contributed by atoms with Crippen molar-refractivity contribution in [1.29, 1.82) is 0 Å². The van der Waals surface area contributed by atoms with Gasteiger partial charge in [-0.2, -0.15) is 10.1 Å². The zero-order chi connectivity index (χ0) is 40.4. The van der Waals surface area contributed by atoms with Gasteiger partial charge in [0.05, 0.1) is 11.4 Å².